The van der Waals surface area contributed by atoms with E-state index in [9.17, 15) is 8.42 Å². The van der Waals surface area contributed by atoms with Crippen LogP contribution in [0.5, 0.6) is 0 Å². The Morgan fingerprint density at radius 3 is 2.32 bits per heavy atom. The van der Waals surface area contributed by atoms with E-state index < -0.39 is 10.0 Å². The van der Waals surface area contributed by atoms with E-state index >= 15 is 0 Å². The van der Waals surface area contributed by atoms with E-state index in [-0.39, 0.29) is 18.5 Å². The second-order valence-electron chi connectivity index (χ2n) is 7.04. The van der Waals surface area contributed by atoms with Crippen LogP contribution >= 0.6 is 0 Å². The van der Waals surface area contributed by atoms with Crippen LogP contribution in [0.1, 0.15) is 41.0 Å². The van der Waals surface area contributed by atoms with Crippen LogP contribution < -0.4 is 5.32 Å². The summed E-state index contributed by atoms with van der Waals surface area (Å²) in [7, 11) is -3.25. The van der Waals surface area contributed by atoms with Crippen molar-refractivity contribution in [3.63, 3.8) is 0 Å². The van der Waals surface area contributed by atoms with Crippen LogP contribution in [0, 0.1) is 5.92 Å². The Morgan fingerprint density at radius 1 is 1.16 bits per heavy atom. The molecule has 1 N–H and O–H groups in total. The van der Waals surface area contributed by atoms with Gasteiger partial charge in [0, 0.05) is 39.3 Å². The lowest BCUT2D eigenvalue weighted by Crippen LogP contribution is -2.54. The molecule has 1 rings (SSSR count). The first-order valence-electron chi connectivity index (χ1n) is 9.39. The van der Waals surface area contributed by atoms with E-state index in [1.807, 2.05) is 20.8 Å². The van der Waals surface area contributed by atoms with Crippen molar-refractivity contribution >= 4 is 16.0 Å². The summed E-state index contributed by atoms with van der Waals surface area (Å²) >= 11 is 0. The molecule has 0 atom stereocenters. The minimum absolute atomic E-state index is 0.0493. The summed E-state index contributed by atoms with van der Waals surface area (Å²) in [5.41, 5.74) is 0. The van der Waals surface area contributed by atoms with Gasteiger partial charge in [0.15, 0.2) is 5.96 Å². The van der Waals surface area contributed by atoms with E-state index in [2.05, 4.69) is 29.1 Å². The van der Waals surface area contributed by atoms with Crippen molar-refractivity contribution in [1.29, 1.82) is 0 Å². The van der Waals surface area contributed by atoms with Gasteiger partial charge in [-0.3, -0.25) is 4.99 Å². The van der Waals surface area contributed by atoms with Gasteiger partial charge < -0.3 is 15.0 Å². The molecular weight excluding hydrogens is 340 g/mol. The van der Waals surface area contributed by atoms with Gasteiger partial charge in [0.2, 0.25) is 10.0 Å². The van der Waals surface area contributed by atoms with Crippen LogP contribution in [0.25, 0.3) is 0 Å². The fourth-order valence-electron chi connectivity index (χ4n) is 2.55. The van der Waals surface area contributed by atoms with Crippen LogP contribution in [-0.4, -0.2) is 81.3 Å². The standard InChI is InChI=1S/C17H36N4O3S/c1-6-18-17(19-8-7-15(2)3)20-9-11-21(12-10-20)25(22,23)14-13-24-16(4)5/h15-16H,6-14H2,1-5H3,(H,18,19). The van der Waals surface area contributed by atoms with E-state index in [4.69, 9.17) is 4.74 Å². The Morgan fingerprint density at radius 2 is 1.80 bits per heavy atom. The number of guanidine groups is 1. The fourth-order valence-corrected chi connectivity index (χ4v) is 3.84. The molecule has 8 heteroatoms. The van der Waals surface area contributed by atoms with Crippen molar-refractivity contribution in [2.45, 2.75) is 47.1 Å². The monoisotopic (exact) mass is 376 g/mol. The Labute approximate surface area is 153 Å². The summed E-state index contributed by atoms with van der Waals surface area (Å²) in [5, 5.41) is 3.31. The molecule has 1 heterocycles. The van der Waals surface area contributed by atoms with Gasteiger partial charge >= 0.3 is 0 Å². The normalized spacial score (nSPS) is 17.6. The molecule has 0 aliphatic carbocycles. The highest BCUT2D eigenvalue weighted by Crippen LogP contribution is 2.09. The van der Waals surface area contributed by atoms with Crippen molar-refractivity contribution < 1.29 is 13.2 Å². The Balaban J connectivity index is 2.54. The van der Waals surface area contributed by atoms with Crippen LogP contribution in [0.15, 0.2) is 4.99 Å². The first kappa shape index (κ1) is 22.2. The van der Waals surface area contributed by atoms with Crippen LogP contribution in [0.4, 0.5) is 0 Å². The molecule has 1 saturated heterocycles. The number of nitrogens with one attached hydrogen (secondary N) is 1. The first-order chi connectivity index (χ1) is 11.8. The number of piperazine rings is 1. The molecule has 0 amide bonds. The molecule has 7 nitrogen and oxygen atoms in total. The third-order valence-electron chi connectivity index (χ3n) is 4.03. The third kappa shape index (κ3) is 8.37. The molecule has 0 bridgehead atoms. The Kier molecular flexibility index (Phi) is 9.74. The molecule has 25 heavy (non-hydrogen) atoms. The summed E-state index contributed by atoms with van der Waals surface area (Å²) < 4.78 is 31.7. The zero-order chi connectivity index (χ0) is 18.9. The molecule has 0 radical (unpaired) electrons. The van der Waals surface area contributed by atoms with E-state index in [0.29, 0.717) is 32.1 Å². The van der Waals surface area contributed by atoms with Gasteiger partial charge in [0.05, 0.1) is 18.5 Å². The molecule has 0 aromatic carbocycles. The Bertz CT molecular complexity index is 498. The number of aliphatic imine (C=N–C) groups is 1. The summed E-state index contributed by atoms with van der Waals surface area (Å²) in [6.07, 6.45) is 1.11. The smallest absolute Gasteiger partial charge is 0.216 e. The van der Waals surface area contributed by atoms with Gasteiger partial charge in [-0.25, -0.2) is 8.42 Å². The van der Waals surface area contributed by atoms with Crippen molar-refractivity contribution in [3.8, 4) is 0 Å². The number of hydrogen-bond acceptors (Lipinski definition) is 4. The van der Waals surface area contributed by atoms with Crippen LogP contribution in [0.3, 0.4) is 0 Å². The maximum Gasteiger partial charge on any atom is 0.216 e. The van der Waals surface area contributed by atoms with Gasteiger partial charge in [0.1, 0.15) is 0 Å². The second-order valence-corrected chi connectivity index (χ2v) is 9.13. The van der Waals surface area contributed by atoms with E-state index in [1.165, 1.54) is 0 Å². The first-order valence-corrected chi connectivity index (χ1v) is 11.0. The number of rotatable bonds is 9. The third-order valence-corrected chi connectivity index (χ3v) is 5.86. The van der Waals surface area contributed by atoms with Gasteiger partial charge in [0.25, 0.3) is 0 Å². The molecule has 0 aromatic heterocycles. The summed E-state index contributed by atoms with van der Waals surface area (Å²) in [4.78, 5) is 6.83. The quantitative estimate of drug-likeness (QED) is 0.486. The van der Waals surface area contributed by atoms with E-state index in [0.717, 1.165) is 25.5 Å². The largest absolute Gasteiger partial charge is 0.378 e. The van der Waals surface area contributed by atoms with Crippen molar-refractivity contribution in [2.24, 2.45) is 10.9 Å². The molecule has 1 fully saturated rings. The molecule has 1 aliphatic heterocycles. The SMILES string of the molecule is CCNC(=NCCC(C)C)N1CCN(S(=O)(=O)CCOC(C)C)CC1. The molecule has 0 unspecified atom stereocenters. The maximum absolute atomic E-state index is 12.4. The molecule has 0 saturated carbocycles. The van der Waals surface area contributed by atoms with Crippen molar-refractivity contribution in [3.05, 3.63) is 0 Å². The highest BCUT2D eigenvalue weighted by Gasteiger charge is 2.27. The van der Waals surface area contributed by atoms with E-state index in [1.54, 1.807) is 4.31 Å². The van der Waals surface area contributed by atoms with Gasteiger partial charge in [-0.1, -0.05) is 13.8 Å². The lowest BCUT2D eigenvalue weighted by atomic mass is 10.1. The predicted octanol–water partition coefficient (Wildman–Crippen LogP) is 1.37. The molecule has 1 aliphatic rings. The summed E-state index contributed by atoms with van der Waals surface area (Å²) in [5.74, 6) is 1.57. The maximum atomic E-state index is 12.4. The second kappa shape index (κ2) is 11.0. The highest BCUT2D eigenvalue weighted by molar-refractivity contribution is 7.89. The highest BCUT2D eigenvalue weighted by atomic mass is 32.2. The topological polar surface area (TPSA) is 74.2 Å². The number of ether oxygens (including phenoxy) is 1. The lowest BCUT2D eigenvalue weighted by molar-refractivity contribution is 0.0904. The molecule has 148 valence electrons. The zero-order valence-corrected chi connectivity index (χ0v) is 17.3. The Hall–Kier alpha value is -0.860. The summed E-state index contributed by atoms with van der Waals surface area (Å²) in [6, 6.07) is 0. The number of sulfonamides is 1. The number of hydrogen-bond donors (Lipinski definition) is 1. The van der Waals surface area contributed by atoms with Gasteiger partial charge in [-0.05, 0) is 33.1 Å². The average molecular weight is 377 g/mol. The fraction of sp³-hybridized carbons (Fsp3) is 0.941. The zero-order valence-electron chi connectivity index (χ0n) is 16.5. The van der Waals surface area contributed by atoms with Crippen LogP contribution in [0.2, 0.25) is 0 Å². The minimum atomic E-state index is -3.25. The number of nitrogens with zero attached hydrogens (tertiary/aromatic N) is 3. The molecular formula is C17H36N4O3S. The van der Waals surface area contributed by atoms with Gasteiger partial charge in [-0.15, -0.1) is 0 Å². The lowest BCUT2D eigenvalue weighted by Gasteiger charge is -2.36. The van der Waals surface area contributed by atoms with Crippen LogP contribution in [-0.2, 0) is 14.8 Å². The molecule has 0 aromatic rings. The van der Waals surface area contributed by atoms with Crippen molar-refractivity contribution in [2.75, 3.05) is 51.6 Å². The summed E-state index contributed by atoms with van der Waals surface area (Å²) in [6.45, 7) is 14.4. The predicted molar refractivity (Wildman–Crippen MR) is 103 cm³/mol. The van der Waals surface area contributed by atoms with Crippen molar-refractivity contribution in [1.82, 2.24) is 14.5 Å². The minimum Gasteiger partial charge on any atom is -0.378 e. The average Bonchev–Trinajstić information content (AvgIpc) is 2.53. The molecule has 0 spiro atoms. The van der Waals surface area contributed by atoms with Gasteiger partial charge in [-0.2, -0.15) is 4.31 Å².